The van der Waals surface area contributed by atoms with Crippen LogP contribution in [0.1, 0.15) is 40.9 Å². The molecule has 2 atom stereocenters. The van der Waals surface area contributed by atoms with E-state index in [1.165, 1.54) is 31.2 Å². The maximum absolute atomic E-state index is 12.7. The van der Waals surface area contributed by atoms with Crippen LogP contribution in [-0.2, 0) is 17.6 Å². The molecule has 2 N–H and O–H groups in total. The summed E-state index contributed by atoms with van der Waals surface area (Å²) < 4.78 is 0. The van der Waals surface area contributed by atoms with Gasteiger partial charge in [-0.15, -0.1) is 0 Å². The molecule has 0 saturated carbocycles. The van der Waals surface area contributed by atoms with Crippen molar-refractivity contribution in [1.29, 1.82) is 5.26 Å². The number of halogens is 1. The molecule has 2 rings (SSSR count). The number of nitrogens with one attached hydrogen (secondary N) is 1. The topological polar surface area (TPSA) is 94.5 Å². The third kappa shape index (κ3) is 5.45. The van der Waals surface area contributed by atoms with Gasteiger partial charge in [-0.1, -0.05) is 42.8 Å². The van der Waals surface area contributed by atoms with E-state index in [-0.39, 0.29) is 18.7 Å². The Bertz CT molecular complexity index is 1020. The molecule has 0 fully saturated rings. The van der Waals surface area contributed by atoms with Crippen LogP contribution < -0.4 is 5.32 Å². The second kappa shape index (κ2) is 10.5. The lowest BCUT2D eigenvalue weighted by Gasteiger charge is -2.21. The number of rotatable bonds is 8. The number of nitriles is 1. The third-order valence-electron chi connectivity index (χ3n) is 4.91. The van der Waals surface area contributed by atoms with E-state index < -0.39 is 17.9 Å². The van der Waals surface area contributed by atoms with Gasteiger partial charge in [0.15, 0.2) is 5.78 Å². The van der Waals surface area contributed by atoms with Crippen molar-refractivity contribution in [3.63, 3.8) is 0 Å². The highest BCUT2D eigenvalue weighted by atomic mass is 35.5. The van der Waals surface area contributed by atoms with E-state index in [9.17, 15) is 14.7 Å². The molecule has 7 heteroatoms. The first kappa shape index (κ1) is 23.1. The number of carbonyl (C=O) groups is 2. The third-order valence-corrected chi connectivity index (χ3v) is 5.33. The second-order valence-corrected chi connectivity index (χ2v) is 7.26. The quantitative estimate of drug-likeness (QED) is 0.497. The summed E-state index contributed by atoms with van der Waals surface area (Å²) in [5.41, 5.74) is 2.74. The first-order valence-electron chi connectivity index (χ1n) is 9.49. The van der Waals surface area contributed by atoms with Crippen molar-refractivity contribution in [2.75, 3.05) is 6.54 Å². The van der Waals surface area contributed by atoms with Crippen LogP contribution in [0, 0.1) is 23.8 Å². The zero-order valence-corrected chi connectivity index (χ0v) is 17.5. The lowest BCUT2D eigenvalue weighted by molar-refractivity contribution is -0.127. The van der Waals surface area contributed by atoms with Crippen LogP contribution in [0.15, 0.2) is 36.4 Å². The van der Waals surface area contributed by atoms with Gasteiger partial charge >= 0.3 is 0 Å². The molecular formula is C23H22ClN3O3. The smallest absolute Gasteiger partial charge is 0.226 e. The molecule has 0 heterocycles. The molecule has 0 radical (unpaired) electrons. The van der Waals surface area contributed by atoms with Gasteiger partial charge in [-0.05, 0) is 43.0 Å². The van der Waals surface area contributed by atoms with E-state index in [2.05, 4.69) is 10.2 Å². The van der Waals surface area contributed by atoms with Gasteiger partial charge in [0, 0.05) is 5.56 Å². The van der Waals surface area contributed by atoms with Gasteiger partial charge in [0.2, 0.25) is 11.6 Å². The van der Waals surface area contributed by atoms with Gasteiger partial charge in [0.25, 0.3) is 0 Å². The number of carbonyl (C=O) groups excluding carboxylic acids is 2. The van der Waals surface area contributed by atoms with Crippen molar-refractivity contribution < 1.29 is 14.7 Å². The molecule has 0 aromatic heterocycles. The molecule has 2 aromatic carbocycles. The van der Waals surface area contributed by atoms with Crippen LogP contribution in [0.3, 0.4) is 0 Å². The van der Waals surface area contributed by atoms with Crippen LogP contribution in [0.5, 0.6) is 0 Å². The van der Waals surface area contributed by atoms with Gasteiger partial charge in [-0.3, -0.25) is 9.59 Å². The van der Waals surface area contributed by atoms with E-state index in [1.54, 1.807) is 12.1 Å². The summed E-state index contributed by atoms with van der Waals surface area (Å²) in [7, 11) is 0. The van der Waals surface area contributed by atoms with E-state index in [0.29, 0.717) is 28.3 Å². The van der Waals surface area contributed by atoms with E-state index >= 15 is 0 Å². The predicted octanol–water partition coefficient (Wildman–Crippen LogP) is 3.86. The highest BCUT2D eigenvalue weighted by Crippen LogP contribution is 2.33. The minimum atomic E-state index is -0.945. The molecule has 0 aliphatic rings. The molecule has 0 unspecified atom stereocenters. The molecule has 2 aromatic rings. The van der Waals surface area contributed by atoms with Crippen molar-refractivity contribution >= 4 is 29.0 Å². The number of ketones is 1. The number of aliphatic hydroxyl groups excluding tert-OH is 1. The molecular weight excluding hydrogens is 402 g/mol. The number of hydrogen-bond acceptors (Lipinski definition) is 4. The Hall–Kier alpha value is -3.19. The van der Waals surface area contributed by atoms with Gasteiger partial charge in [-0.2, -0.15) is 5.26 Å². The summed E-state index contributed by atoms with van der Waals surface area (Å²) in [6.45, 7) is 10.4. The highest BCUT2D eigenvalue weighted by molar-refractivity contribution is 6.34. The summed E-state index contributed by atoms with van der Waals surface area (Å²) in [4.78, 5) is 28.4. The van der Waals surface area contributed by atoms with E-state index in [4.69, 9.17) is 23.4 Å². The Balaban J connectivity index is 2.12. The summed E-state index contributed by atoms with van der Waals surface area (Å²) in [5, 5.41) is 21.9. The molecule has 0 bridgehead atoms. The van der Waals surface area contributed by atoms with Crippen LogP contribution in [0.4, 0.5) is 5.69 Å². The Morgan fingerprint density at radius 1 is 1.27 bits per heavy atom. The van der Waals surface area contributed by atoms with Crippen molar-refractivity contribution in [2.45, 2.75) is 32.8 Å². The number of hydrogen-bond donors (Lipinski definition) is 2. The SMILES string of the molecule is [C-]#[N+]c1ccc(C[C@@H](C(=O)NCC(=O)c2ccc(C#N)cc2)[C@@H](C)O)c(CC)c1Cl. The Kier molecular flexibility index (Phi) is 8.12. The summed E-state index contributed by atoms with van der Waals surface area (Å²) in [5.74, 6) is -1.52. The van der Waals surface area contributed by atoms with Gasteiger partial charge in [-0.25, -0.2) is 4.85 Å². The van der Waals surface area contributed by atoms with E-state index in [1.807, 2.05) is 13.0 Å². The maximum Gasteiger partial charge on any atom is 0.226 e. The number of aliphatic hydroxyl groups is 1. The summed E-state index contributed by atoms with van der Waals surface area (Å²) in [6, 6.07) is 11.5. The highest BCUT2D eigenvalue weighted by Gasteiger charge is 2.26. The van der Waals surface area contributed by atoms with Crippen molar-refractivity contribution in [3.8, 4) is 6.07 Å². The minimum Gasteiger partial charge on any atom is -0.393 e. The maximum atomic E-state index is 12.7. The zero-order valence-electron chi connectivity index (χ0n) is 16.8. The standard InChI is InChI=1S/C23H22ClN3O3/c1-4-18-17(9-10-20(26-3)22(18)24)11-19(14(2)28)23(30)27-13-21(29)16-7-5-15(12-25)6-8-16/h5-10,14,19,28H,4,11,13H2,1-2H3,(H,27,30)/t14-,19-/m1/s1. The van der Waals surface area contributed by atoms with Gasteiger partial charge in [0.1, 0.15) is 0 Å². The molecule has 0 saturated heterocycles. The molecule has 6 nitrogen and oxygen atoms in total. The molecule has 0 spiro atoms. The monoisotopic (exact) mass is 423 g/mol. The van der Waals surface area contributed by atoms with Gasteiger partial charge < -0.3 is 10.4 Å². The minimum absolute atomic E-state index is 0.216. The molecule has 0 aliphatic heterocycles. The second-order valence-electron chi connectivity index (χ2n) is 6.88. The first-order chi connectivity index (χ1) is 14.3. The van der Waals surface area contributed by atoms with E-state index in [0.717, 1.165) is 11.1 Å². The summed E-state index contributed by atoms with van der Waals surface area (Å²) in [6.07, 6.45) is -0.127. The van der Waals surface area contributed by atoms with Crippen molar-refractivity contribution in [3.05, 3.63) is 75.1 Å². The molecule has 30 heavy (non-hydrogen) atoms. The Labute approximate surface area is 180 Å². The van der Waals surface area contributed by atoms with Crippen LogP contribution in [0.2, 0.25) is 5.02 Å². The molecule has 154 valence electrons. The number of benzene rings is 2. The Morgan fingerprint density at radius 3 is 2.47 bits per heavy atom. The van der Waals surface area contributed by atoms with Crippen molar-refractivity contribution in [1.82, 2.24) is 5.32 Å². The van der Waals surface area contributed by atoms with Crippen LogP contribution in [-0.4, -0.2) is 29.4 Å². The lowest BCUT2D eigenvalue weighted by Crippen LogP contribution is -2.40. The summed E-state index contributed by atoms with van der Waals surface area (Å²) >= 11 is 6.31. The fourth-order valence-electron chi connectivity index (χ4n) is 3.16. The molecule has 1 amide bonds. The first-order valence-corrected chi connectivity index (χ1v) is 9.87. The zero-order chi connectivity index (χ0) is 22.3. The van der Waals surface area contributed by atoms with Crippen LogP contribution in [0.25, 0.3) is 4.85 Å². The predicted molar refractivity (Wildman–Crippen MR) is 114 cm³/mol. The number of Topliss-reactive ketones (excluding diaryl/α,β-unsaturated/α-hetero) is 1. The lowest BCUT2D eigenvalue weighted by atomic mass is 9.90. The van der Waals surface area contributed by atoms with Crippen molar-refractivity contribution in [2.24, 2.45) is 5.92 Å². The Morgan fingerprint density at radius 2 is 1.93 bits per heavy atom. The fraction of sp³-hybridized carbons (Fsp3) is 0.304. The van der Waals surface area contributed by atoms with Gasteiger partial charge in [0.05, 0.1) is 41.8 Å². The molecule has 0 aliphatic carbocycles. The number of nitrogens with zero attached hydrogens (tertiary/aromatic N) is 2. The average molecular weight is 424 g/mol. The normalized spacial score (nSPS) is 12.3. The average Bonchev–Trinajstić information content (AvgIpc) is 2.75. The van der Waals surface area contributed by atoms with Crippen LogP contribution >= 0.6 is 11.6 Å². The fourth-order valence-corrected chi connectivity index (χ4v) is 3.52. The number of amides is 1. The largest absolute Gasteiger partial charge is 0.393 e.